The quantitative estimate of drug-likeness (QED) is 0.490. The summed E-state index contributed by atoms with van der Waals surface area (Å²) in [6, 6.07) is 7.93. The molecule has 2 rings (SSSR count). The standard InChI is InChI=1S/C9H12O2Si/c10-9(11-12)6-5-7-3-1-2-4-8(7)9/h1-4,10H,5-6H2,12H3. The molecule has 0 radical (unpaired) electrons. The summed E-state index contributed by atoms with van der Waals surface area (Å²) in [5, 5.41) is 9.96. The molecule has 0 saturated carbocycles. The SMILES string of the molecule is OC1(O[SiH3])CCc2ccccc21. The molecule has 0 amide bonds. The van der Waals surface area contributed by atoms with E-state index in [9.17, 15) is 5.11 Å². The van der Waals surface area contributed by atoms with Gasteiger partial charge in [-0.3, -0.25) is 0 Å². The topological polar surface area (TPSA) is 29.5 Å². The van der Waals surface area contributed by atoms with Crippen LogP contribution in [0.15, 0.2) is 24.3 Å². The number of fused-ring (bicyclic) bond motifs is 1. The summed E-state index contributed by atoms with van der Waals surface area (Å²) < 4.78 is 5.22. The second kappa shape index (κ2) is 2.69. The Morgan fingerprint density at radius 3 is 2.92 bits per heavy atom. The molecule has 2 nitrogen and oxygen atoms in total. The van der Waals surface area contributed by atoms with E-state index in [0.29, 0.717) is 16.9 Å². The summed E-state index contributed by atoms with van der Waals surface area (Å²) in [5.74, 6) is -0.969. The second-order valence-electron chi connectivity index (χ2n) is 3.15. The number of aryl methyl sites for hydroxylation is 1. The fourth-order valence-corrected chi connectivity index (χ4v) is 2.19. The third-order valence-corrected chi connectivity index (χ3v) is 3.18. The van der Waals surface area contributed by atoms with Crippen molar-refractivity contribution in [3.8, 4) is 0 Å². The van der Waals surface area contributed by atoms with Gasteiger partial charge < -0.3 is 9.53 Å². The Morgan fingerprint density at radius 2 is 2.17 bits per heavy atom. The van der Waals surface area contributed by atoms with Crippen molar-refractivity contribution in [2.45, 2.75) is 18.6 Å². The molecular weight excluding hydrogens is 168 g/mol. The van der Waals surface area contributed by atoms with Gasteiger partial charge in [0.1, 0.15) is 10.5 Å². The largest absolute Gasteiger partial charge is 0.398 e. The van der Waals surface area contributed by atoms with Crippen LogP contribution in [0, 0.1) is 0 Å². The number of hydrogen-bond donors (Lipinski definition) is 1. The monoisotopic (exact) mass is 180 g/mol. The van der Waals surface area contributed by atoms with E-state index in [0.717, 1.165) is 12.0 Å². The highest BCUT2D eigenvalue weighted by Gasteiger charge is 2.35. The van der Waals surface area contributed by atoms with Crippen LogP contribution < -0.4 is 0 Å². The molecule has 1 aliphatic rings. The first-order valence-corrected chi connectivity index (χ1v) is 4.94. The molecule has 0 spiro atoms. The molecule has 0 aromatic heterocycles. The summed E-state index contributed by atoms with van der Waals surface area (Å²) in [6.07, 6.45) is 1.63. The lowest BCUT2D eigenvalue weighted by molar-refractivity contribution is -0.140. The lowest BCUT2D eigenvalue weighted by Crippen LogP contribution is -2.24. The Kier molecular flexibility index (Phi) is 1.79. The summed E-state index contributed by atoms with van der Waals surface area (Å²) in [7, 11) is 0.575. The van der Waals surface area contributed by atoms with E-state index < -0.39 is 5.79 Å². The van der Waals surface area contributed by atoms with Gasteiger partial charge in [-0.15, -0.1) is 0 Å². The Hall–Kier alpha value is -0.643. The average Bonchev–Trinajstić information content (AvgIpc) is 2.46. The molecule has 1 unspecified atom stereocenters. The minimum absolute atomic E-state index is 0.575. The highest BCUT2D eigenvalue weighted by atomic mass is 28.2. The number of aliphatic hydroxyl groups is 1. The molecular formula is C9H12O2Si. The van der Waals surface area contributed by atoms with Gasteiger partial charge in [-0.1, -0.05) is 24.3 Å². The van der Waals surface area contributed by atoms with Crippen LogP contribution in [-0.2, 0) is 16.6 Å². The second-order valence-corrected chi connectivity index (χ2v) is 3.55. The molecule has 0 heterocycles. The highest BCUT2D eigenvalue weighted by Crippen LogP contribution is 2.36. The zero-order valence-electron chi connectivity index (χ0n) is 7.08. The van der Waals surface area contributed by atoms with Crippen molar-refractivity contribution < 1.29 is 9.53 Å². The molecule has 1 atom stereocenters. The van der Waals surface area contributed by atoms with Crippen LogP contribution in [0.4, 0.5) is 0 Å². The van der Waals surface area contributed by atoms with Crippen molar-refractivity contribution in [1.82, 2.24) is 0 Å². The predicted octanol–water partition coefficient (Wildman–Crippen LogP) is 0.0749. The molecule has 12 heavy (non-hydrogen) atoms. The maximum absolute atomic E-state index is 9.96. The van der Waals surface area contributed by atoms with Gasteiger partial charge in [-0.25, -0.2) is 0 Å². The third kappa shape index (κ3) is 1.02. The van der Waals surface area contributed by atoms with Crippen molar-refractivity contribution in [3.63, 3.8) is 0 Å². The minimum Gasteiger partial charge on any atom is -0.398 e. The lowest BCUT2D eigenvalue weighted by atomic mass is 10.1. The van der Waals surface area contributed by atoms with E-state index in [2.05, 4.69) is 0 Å². The van der Waals surface area contributed by atoms with E-state index >= 15 is 0 Å². The van der Waals surface area contributed by atoms with Crippen LogP contribution in [0.25, 0.3) is 0 Å². The number of rotatable bonds is 1. The number of benzene rings is 1. The van der Waals surface area contributed by atoms with Crippen LogP contribution in [0.3, 0.4) is 0 Å². The normalized spacial score (nSPS) is 27.4. The third-order valence-electron chi connectivity index (χ3n) is 2.51. The maximum atomic E-state index is 9.96. The van der Waals surface area contributed by atoms with Crippen molar-refractivity contribution in [2.24, 2.45) is 0 Å². The smallest absolute Gasteiger partial charge is 0.182 e. The average molecular weight is 180 g/mol. The predicted molar refractivity (Wildman–Crippen MR) is 49.7 cm³/mol. The van der Waals surface area contributed by atoms with Crippen molar-refractivity contribution >= 4 is 10.5 Å². The Morgan fingerprint density at radius 1 is 1.42 bits per heavy atom. The first-order valence-electron chi connectivity index (χ1n) is 4.12. The van der Waals surface area contributed by atoms with Crippen molar-refractivity contribution in [3.05, 3.63) is 35.4 Å². The molecule has 64 valence electrons. The summed E-state index contributed by atoms with van der Waals surface area (Å²) in [6.45, 7) is 0. The molecule has 1 N–H and O–H groups in total. The maximum Gasteiger partial charge on any atom is 0.182 e. The van der Waals surface area contributed by atoms with Crippen LogP contribution in [-0.4, -0.2) is 15.6 Å². The Bertz CT molecular complexity index is 300. The molecule has 0 aliphatic heterocycles. The van der Waals surface area contributed by atoms with Gasteiger partial charge in [-0.2, -0.15) is 0 Å². The fourth-order valence-electron chi connectivity index (χ4n) is 1.77. The van der Waals surface area contributed by atoms with Crippen LogP contribution in [0.2, 0.25) is 0 Å². The van der Waals surface area contributed by atoms with Gasteiger partial charge in [0.2, 0.25) is 0 Å². The van der Waals surface area contributed by atoms with Gasteiger partial charge >= 0.3 is 0 Å². The van der Waals surface area contributed by atoms with Gasteiger partial charge in [0.15, 0.2) is 5.79 Å². The molecule has 3 heteroatoms. The molecule has 0 bridgehead atoms. The highest BCUT2D eigenvalue weighted by molar-refractivity contribution is 5.98. The molecule has 0 saturated heterocycles. The van der Waals surface area contributed by atoms with Crippen LogP contribution in [0.1, 0.15) is 17.5 Å². The molecule has 0 fully saturated rings. The van der Waals surface area contributed by atoms with E-state index in [1.54, 1.807) is 0 Å². The number of hydrogen-bond acceptors (Lipinski definition) is 2. The van der Waals surface area contributed by atoms with Crippen LogP contribution in [0.5, 0.6) is 0 Å². The summed E-state index contributed by atoms with van der Waals surface area (Å²) >= 11 is 0. The van der Waals surface area contributed by atoms with E-state index in [1.807, 2.05) is 24.3 Å². The van der Waals surface area contributed by atoms with E-state index in [-0.39, 0.29) is 0 Å². The first kappa shape index (κ1) is 7.98. The minimum atomic E-state index is -0.969. The Balaban J connectivity index is 2.49. The van der Waals surface area contributed by atoms with Gasteiger partial charge in [0.05, 0.1) is 0 Å². The zero-order valence-corrected chi connectivity index (χ0v) is 9.08. The van der Waals surface area contributed by atoms with Gasteiger partial charge in [0.25, 0.3) is 0 Å². The molecule has 1 aromatic rings. The summed E-state index contributed by atoms with van der Waals surface area (Å²) in [4.78, 5) is 0. The van der Waals surface area contributed by atoms with Crippen molar-refractivity contribution in [2.75, 3.05) is 0 Å². The fraction of sp³-hybridized carbons (Fsp3) is 0.333. The van der Waals surface area contributed by atoms with E-state index in [4.69, 9.17) is 4.43 Å². The van der Waals surface area contributed by atoms with Crippen molar-refractivity contribution in [1.29, 1.82) is 0 Å². The first-order chi connectivity index (χ1) is 5.76. The van der Waals surface area contributed by atoms with E-state index in [1.165, 1.54) is 5.56 Å². The van der Waals surface area contributed by atoms with Gasteiger partial charge in [-0.05, 0) is 12.0 Å². The lowest BCUT2D eigenvalue weighted by Gasteiger charge is -2.22. The van der Waals surface area contributed by atoms with Crippen LogP contribution >= 0.6 is 0 Å². The Labute approximate surface area is 74.7 Å². The molecule has 1 aromatic carbocycles. The van der Waals surface area contributed by atoms with Gasteiger partial charge in [0, 0.05) is 12.0 Å². The molecule has 1 aliphatic carbocycles. The summed E-state index contributed by atoms with van der Waals surface area (Å²) in [5.41, 5.74) is 2.18. The zero-order chi connectivity index (χ0) is 8.60.